The molecule has 0 fully saturated rings. The number of carbonyl (C=O) groups is 2. The van der Waals surface area contributed by atoms with Crippen LogP contribution < -0.4 is 15.0 Å². The molecule has 3 rings (SSSR count). The molecule has 30 heavy (non-hydrogen) atoms. The molecule has 0 atom stereocenters. The SMILES string of the molecule is Cc1ccc(OCC(=O)N(C)c2ccccc2C(=O)NCCc2ccccc2)cc1. The molecule has 0 unspecified atom stereocenters. The molecule has 0 saturated heterocycles. The molecule has 1 N–H and O–H groups in total. The van der Waals surface area contributed by atoms with Crippen LogP contribution in [0.2, 0.25) is 0 Å². The fraction of sp³-hybridized carbons (Fsp3) is 0.200. The van der Waals surface area contributed by atoms with Crippen LogP contribution in [0.25, 0.3) is 0 Å². The van der Waals surface area contributed by atoms with Gasteiger partial charge in [-0.1, -0.05) is 60.2 Å². The summed E-state index contributed by atoms with van der Waals surface area (Å²) in [7, 11) is 1.65. The number of hydrogen-bond donors (Lipinski definition) is 1. The predicted molar refractivity (Wildman–Crippen MR) is 119 cm³/mol. The fourth-order valence-electron chi connectivity index (χ4n) is 3.03. The Labute approximate surface area is 177 Å². The molecule has 0 bridgehead atoms. The maximum Gasteiger partial charge on any atom is 0.264 e. The molecule has 0 aliphatic heterocycles. The number of hydrogen-bond acceptors (Lipinski definition) is 3. The normalized spacial score (nSPS) is 10.3. The van der Waals surface area contributed by atoms with E-state index in [4.69, 9.17) is 4.74 Å². The molecule has 5 nitrogen and oxygen atoms in total. The summed E-state index contributed by atoms with van der Waals surface area (Å²) in [6.45, 7) is 2.40. The van der Waals surface area contributed by atoms with Gasteiger partial charge in [0.05, 0.1) is 11.3 Å². The Hall–Kier alpha value is -3.60. The second kappa shape index (κ2) is 10.3. The first-order valence-corrected chi connectivity index (χ1v) is 9.92. The standard InChI is InChI=1S/C25H26N2O3/c1-19-12-14-21(15-13-19)30-18-24(28)27(2)23-11-7-6-10-22(23)25(29)26-17-16-20-8-4-3-5-9-20/h3-15H,16-18H2,1-2H3,(H,26,29). The maximum atomic E-state index is 12.7. The highest BCUT2D eigenvalue weighted by atomic mass is 16.5. The zero-order valence-corrected chi connectivity index (χ0v) is 17.3. The fourth-order valence-corrected chi connectivity index (χ4v) is 3.03. The summed E-state index contributed by atoms with van der Waals surface area (Å²) in [4.78, 5) is 26.8. The molecule has 0 spiro atoms. The van der Waals surface area contributed by atoms with Crippen LogP contribution in [0.4, 0.5) is 5.69 Å². The summed E-state index contributed by atoms with van der Waals surface area (Å²) >= 11 is 0. The molecule has 3 aromatic carbocycles. The summed E-state index contributed by atoms with van der Waals surface area (Å²) in [5.74, 6) is 0.190. The van der Waals surface area contributed by atoms with Crippen molar-refractivity contribution in [3.8, 4) is 5.75 Å². The lowest BCUT2D eigenvalue weighted by molar-refractivity contribution is -0.120. The van der Waals surface area contributed by atoms with Crippen molar-refractivity contribution in [1.29, 1.82) is 0 Å². The Balaban J connectivity index is 1.60. The number of nitrogens with zero attached hydrogens (tertiary/aromatic N) is 1. The average molecular weight is 402 g/mol. The van der Waals surface area contributed by atoms with Crippen molar-refractivity contribution < 1.29 is 14.3 Å². The number of para-hydroxylation sites is 1. The molecule has 0 aliphatic carbocycles. The Morgan fingerprint density at radius 2 is 1.57 bits per heavy atom. The van der Waals surface area contributed by atoms with Crippen molar-refractivity contribution in [2.75, 3.05) is 25.1 Å². The van der Waals surface area contributed by atoms with Gasteiger partial charge in [-0.2, -0.15) is 0 Å². The van der Waals surface area contributed by atoms with Gasteiger partial charge in [-0.3, -0.25) is 9.59 Å². The van der Waals surface area contributed by atoms with E-state index in [1.807, 2.05) is 61.5 Å². The van der Waals surface area contributed by atoms with E-state index < -0.39 is 0 Å². The van der Waals surface area contributed by atoms with Crippen LogP contribution in [-0.2, 0) is 11.2 Å². The van der Waals surface area contributed by atoms with Crippen LogP contribution in [0, 0.1) is 6.92 Å². The lowest BCUT2D eigenvalue weighted by atomic mass is 10.1. The van der Waals surface area contributed by atoms with Crippen LogP contribution >= 0.6 is 0 Å². The summed E-state index contributed by atoms with van der Waals surface area (Å²) in [6.07, 6.45) is 0.744. The quantitative estimate of drug-likeness (QED) is 0.619. The van der Waals surface area contributed by atoms with Crippen molar-refractivity contribution in [2.24, 2.45) is 0 Å². The van der Waals surface area contributed by atoms with Crippen LogP contribution in [0.15, 0.2) is 78.9 Å². The third-order valence-corrected chi connectivity index (χ3v) is 4.81. The molecule has 0 radical (unpaired) electrons. The lowest BCUT2D eigenvalue weighted by Crippen LogP contribution is -2.34. The molecular weight excluding hydrogens is 376 g/mol. The molecule has 154 valence electrons. The minimum Gasteiger partial charge on any atom is -0.484 e. The molecule has 0 heterocycles. The molecule has 2 amide bonds. The van der Waals surface area contributed by atoms with Crippen molar-refractivity contribution in [3.63, 3.8) is 0 Å². The first-order chi connectivity index (χ1) is 14.5. The van der Waals surface area contributed by atoms with E-state index in [0.717, 1.165) is 17.5 Å². The molecule has 3 aromatic rings. The van der Waals surface area contributed by atoms with Crippen molar-refractivity contribution in [1.82, 2.24) is 5.32 Å². The summed E-state index contributed by atoms with van der Waals surface area (Å²) in [5.41, 5.74) is 3.29. The number of benzene rings is 3. The van der Waals surface area contributed by atoms with Gasteiger partial charge in [0.1, 0.15) is 5.75 Å². The number of ether oxygens (including phenoxy) is 1. The molecule has 0 aliphatic rings. The van der Waals surface area contributed by atoms with Crippen molar-refractivity contribution in [3.05, 3.63) is 95.6 Å². The van der Waals surface area contributed by atoms with E-state index >= 15 is 0 Å². The van der Waals surface area contributed by atoms with E-state index in [0.29, 0.717) is 23.5 Å². The van der Waals surface area contributed by atoms with Crippen LogP contribution in [0.3, 0.4) is 0 Å². The minimum atomic E-state index is -0.236. The molecule has 0 saturated carbocycles. The van der Waals surface area contributed by atoms with Gasteiger partial charge in [-0.25, -0.2) is 0 Å². The lowest BCUT2D eigenvalue weighted by Gasteiger charge is -2.20. The summed E-state index contributed by atoms with van der Waals surface area (Å²) in [6, 6.07) is 24.6. The number of carbonyl (C=O) groups excluding carboxylic acids is 2. The largest absolute Gasteiger partial charge is 0.484 e. The van der Waals surface area contributed by atoms with E-state index in [2.05, 4.69) is 5.32 Å². The van der Waals surface area contributed by atoms with Gasteiger partial charge in [-0.05, 0) is 43.2 Å². The molecule has 5 heteroatoms. The summed E-state index contributed by atoms with van der Waals surface area (Å²) in [5, 5.41) is 2.94. The highest BCUT2D eigenvalue weighted by molar-refractivity contribution is 6.04. The highest BCUT2D eigenvalue weighted by Gasteiger charge is 2.18. The first kappa shape index (κ1) is 21.1. The first-order valence-electron chi connectivity index (χ1n) is 9.92. The second-order valence-electron chi connectivity index (χ2n) is 7.06. The van der Waals surface area contributed by atoms with Gasteiger partial charge >= 0.3 is 0 Å². The maximum absolute atomic E-state index is 12.7. The Morgan fingerprint density at radius 3 is 2.30 bits per heavy atom. The third-order valence-electron chi connectivity index (χ3n) is 4.81. The second-order valence-corrected chi connectivity index (χ2v) is 7.06. The summed E-state index contributed by atoms with van der Waals surface area (Å²) < 4.78 is 5.59. The molecule has 0 aromatic heterocycles. The predicted octanol–water partition coefficient (Wildman–Crippen LogP) is 4.01. The Kier molecular flexibility index (Phi) is 7.22. The van der Waals surface area contributed by atoms with Gasteiger partial charge in [0.2, 0.25) is 0 Å². The van der Waals surface area contributed by atoms with E-state index in [-0.39, 0.29) is 18.4 Å². The van der Waals surface area contributed by atoms with Crippen molar-refractivity contribution in [2.45, 2.75) is 13.3 Å². The van der Waals surface area contributed by atoms with Crippen molar-refractivity contribution >= 4 is 17.5 Å². The van der Waals surface area contributed by atoms with Gasteiger partial charge in [-0.15, -0.1) is 0 Å². The smallest absolute Gasteiger partial charge is 0.264 e. The van der Waals surface area contributed by atoms with Gasteiger partial charge in [0, 0.05) is 13.6 Å². The zero-order valence-electron chi connectivity index (χ0n) is 17.3. The average Bonchev–Trinajstić information content (AvgIpc) is 2.78. The van der Waals surface area contributed by atoms with E-state index in [9.17, 15) is 9.59 Å². The number of anilines is 1. The van der Waals surface area contributed by atoms with Gasteiger partial charge in [0.25, 0.3) is 11.8 Å². The zero-order chi connectivity index (χ0) is 21.3. The Morgan fingerprint density at radius 1 is 0.900 bits per heavy atom. The molecular formula is C25H26N2O3. The monoisotopic (exact) mass is 402 g/mol. The minimum absolute atomic E-state index is 0.108. The highest BCUT2D eigenvalue weighted by Crippen LogP contribution is 2.20. The third kappa shape index (κ3) is 5.70. The number of likely N-dealkylation sites (N-methyl/N-ethyl adjacent to an activating group) is 1. The van der Waals surface area contributed by atoms with Crippen LogP contribution in [-0.4, -0.2) is 32.0 Å². The van der Waals surface area contributed by atoms with Gasteiger partial charge in [0.15, 0.2) is 6.61 Å². The number of amides is 2. The van der Waals surface area contributed by atoms with E-state index in [1.165, 1.54) is 4.90 Å². The van der Waals surface area contributed by atoms with Crippen LogP contribution in [0.1, 0.15) is 21.5 Å². The topological polar surface area (TPSA) is 58.6 Å². The number of aryl methyl sites for hydroxylation is 1. The Bertz CT molecular complexity index is 985. The van der Waals surface area contributed by atoms with E-state index in [1.54, 1.807) is 31.3 Å². The number of nitrogens with one attached hydrogen (secondary N) is 1. The number of rotatable bonds is 8. The van der Waals surface area contributed by atoms with Crippen LogP contribution in [0.5, 0.6) is 5.75 Å². The van der Waals surface area contributed by atoms with Gasteiger partial charge < -0.3 is 15.0 Å².